The molecule has 32 heavy (non-hydrogen) atoms. The summed E-state index contributed by atoms with van der Waals surface area (Å²) in [7, 11) is -1.83. The first-order valence-electron chi connectivity index (χ1n) is 8.72. The topological polar surface area (TPSA) is 92.0 Å². The fourth-order valence-electron chi connectivity index (χ4n) is 2.14. The van der Waals surface area contributed by atoms with Crippen LogP contribution in [0.3, 0.4) is 0 Å². The largest absolute Gasteiger partial charge is 0.488 e. The van der Waals surface area contributed by atoms with Crippen LogP contribution in [0.5, 0.6) is 0 Å². The van der Waals surface area contributed by atoms with E-state index in [1.807, 2.05) is 0 Å². The molecular weight excluding hydrogens is 451 g/mol. The Kier molecular flexibility index (Phi) is 9.67. The molecule has 2 aromatic heterocycles. The van der Waals surface area contributed by atoms with Gasteiger partial charge in [0.15, 0.2) is 5.82 Å². The van der Waals surface area contributed by atoms with Crippen molar-refractivity contribution in [3.05, 3.63) is 102 Å². The van der Waals surface area contributed by atoms with Crippen LogP contribution < -0.4 is 5.46 Å². The van der Waals surface area contributed by atoms with Crippen LogP contribution in [0.25, 0.3) is 11.4 Å². The number of hydrogen-bond donors (Lipinski definition) is 2. The molecule has 0 aliphatic heterocycles. The molecule has 2 heterocycles. The lowest BCUT2D eigenvalue weighted by Gasteiger charge is -1.99. The van der Waals surface area contributed by atoms with Gasteiger partial charge in [0, 0.05) is 42.5 Å². The summed E-state index contributed by atoms with van der Waals surface area (Å²) in [6.07, 6.45) is 6.22. The van der Waals surface area contributed by atoms with Crippen LogP contribution in [0, 0.1) is 23.3 Å². The summed E-state index contributed by atoms with van der Waals surface area (Å²) >= 11 is 5.32. The summed E-state index contributed by atoms with van der Waals surface area (Å²) in [5.41, 5.74) is 0.144. The number of nitrogens with zero attached hydrogens (tertiary/aromatic N) is 4. The average Bonchev–Trinajstić information content (AvgIpc) is 2.74. The first kappa shape index (κ1) is 24.9. The van der Waals surface area contributed by atoms with Crippen molar-refractivity contribution in [1.29, 1.82) is 0 Å². The zero-order valence-corrected chi connectivity index (χ0v) is 16.8. The van der Waals surface area contributed by atoms with Crippen molar-refractivity contribution < 1.29 is 27.6 Å². The van der Waals surface area contributed by atoms with Crippen LogP contribution in [0.2, 0.25) is 5.28 Å². The van der Waals surface area contributed by atoms with Gasteiger partial charge in [-0.2, -0.15) is 0 Å². The van der Waals surface area contributed by atoms with Gasteiger partial charge in [-0.25, -0.2) is 37.5 Å². The van der Waals surface area contributed by atoms with Gasteiger partial charge in [0.1, 0.15) is 23.3 Å². The van der Waals surface area contributed by atoms with Gasteiger partial charge >= 0.3 is 7.12 Å². The summed E-state index contributed by atoms with van der Waals surface area (Å²) < 4.78 is 50.3. The Balaban J connectivity index is 0.000000180. The molecule has 0 atom stereocenters. The highest BCUT2D eigenvalue weighted by atomic mass is 35.5. The molecule has 164 valence electrons. The number of benzene rings is 2. The second-order valence-corrected chi connectivity index (χ2v) is 6.16. The van der Waals surface area contributed by atoms with Crippen molar-refractivity contribution in [2.24, 2.45) is 0 Å². The predicted molar refractivity (Wildman–Crippen MR) is 111 cm³/mol. The van der Waals surface area contributed by atoms with Crippen molar-refractivity contribution in [3.63, 3.8) is 0 Å². The normalized spacial score (nSPS) is 9.72. The van der Waals surface area contributed by atoms with E-state index in [1.165, 1.54) is 24.5 Å². The zero-order chi connectivity index (χ0) is 23.5. The predicted octanol–water partition coefficient (Wildman–Crippen LogP) is 3.20. The number of rotatable bonds is 2. The third-order valence-electron chi connectivity index (χ3n) is 3.40. The molecule has 0 saturated heterocycles. The molecule has 0 fully saturated rings. The van der Waals surface area contributed by atoms with Gasteiger partial charge in [0.2, 0.25) is 5.28 Å². The standard InChI is InChI=1S/C10H6F2N2.C6H5BF2O2.C4H3ClN2/c11-8-4-7(5-9(12)6-8)10-13-2-1-3-14-10;8-5-1-4(7(10)11)2-6(9)3-5;5-4-6-2-1-3-7-4/h1-6H;1-3,10-11H;1-3H. The minimum absolute atomic E-state index is 0.192. The lowest BCUT2D eigenvalue weighted by molar-refractivity contribution is 0.425. The smallest absolute Gasteiger partial charge is 0.423 e. The van der Waals surface area contributed by atoms with E-state index in [-0.39, 0.29) is 5.46 Å². The van der Waals surface area contributed by atoms with Gasteiger partial charge in [-0.1, -0.05) is 0 Å². The zero-order valence-electron chi connectivity index (χ0n) is 16.1. The van der Waals surface area contributed by atoms with E-state index in [2.05, 4.69) is 19.9 Å². The first-order valence-corrected chi connectivity index (χ1v) is 9.10. The minimum atomic E-state index is -1.83. The Morgan fingerprint density at radius 1 is 0.625 bits per heavy atom. The fourth-order valence-corrected chi connectivity index (χ4v) is 2.25. The molecule has 0 radical (unpaired) electrons. The van der Waals surface area contributed by atoms with Crippen molar-refractivity contribution in [1.82, 2.24) is 19.9 Å². The SMILES string of the molecule is Clc1ncccn1.Fc1cc(F)cc(-c2ncccn2)c1.OB(O)c1cc(F)cc(F)c1. The lowest BCUT2D eigenvalue weighted by atomic mass is 9.80. The summed E-state index contributed by atoms with van der Waals surface area (Å²) in [5.74, 6) is -2.60. The molecule has 2 N–H and O–H groups in total. The molecule has 0 amide bonds. The summed E-state index contributed by atoms with van der Waals surface area (Å²) in [5, 5.41) is 17.3. The summed E-state index contributed by atoms with van der Waals surface area (Å²) in [6, 6.07) is 8.92. The summed E-state index contributed by atoms with van der Waals surface area (Å²) in [6.45, 7) is 0. The van der Waals surface area contributed by atoms with Crippen LogP contribution in [0.4, 0.5) is 17.6 Å². The molecule has 4 aromatic rings. The quantitative estimate of drug-likeness (QED) is 0.269. The van der Waals surface area contributed by atoms with Crippen molar-refractivity contribution in [3.8, 4) is 11.4 Å². The molecule has 6 nitrogen and oxygen atoms in total. The molecule has 2 aromatic carbocycles. The Bertz CT molecular complexity index is 1090. The highest BCUT2D eigenvalue weighted by molar-refractivity contribution is 6.58. The van der Waals surface area contributed by atoms with Gasteiger partial charge in [0.25, 0.3) is 0 Å². The molecule has 0 spiro atoms. The number of aromatic nitrogens is 4. The van der Waals surface area contributed by atoms with E-state index in [0.717, 1.165) is 18.2 Å². The van der Waals surface area contributed by atoms with Gasteiger partial charge in [-0.15, -0.1) is 0 Å². The Morgan fingerprint density at radius 3 is 1.41 bits per heavy atom. The maximum atomic E-state index is 12.8. The third kappa shape index (κ3) is 8.76. The number of halogens is 5. The minimum Gasteiger partial charge on any atom is -0.423 e. The first-order chi connectivity index (χ1) is 15.2. The van der Waals surface area contributed by atoms with Crippen molar-refractivity contribution in [2.45, 2.75) is 0 Å². The molecule has 12 heteroatoms. The van der Waals surface area contributed by atoms with E-state index in [0.29, 0.717) is 22.7 Å². The van der Waals surface area contributed by atoms with Crippen LogP contribution in [0.15, 0.2) is 73.3 Å². The monoisotopic (exact) mass is 464 g/mol. The molecule has 0 aliphatic carbocycles. The van der Waals surface area contributed by atoms with Crippen molar-refractivity contribution >= 4 is 24.2 Å². The van der Waals surface area contributed by atoms with Gasteiger partial charge in [-0.3, -0.25) is 0 Å². The average molecular weight is 465 g/mol. The van der Waals surface area contributed by atoms with Crippen LogP contribution in [0.1, 0.15) is 0 Å². The Morgan fingerprint density at radius 2 is 1.03 bits per heavy atom. The van der Waals surface area contributed by atoms with E-state index in [9.17, 15) is 17.6 Å². The second-order valence-electron chi connectivity index (χ2n) is 5.82. The van der Waals surface area contributed by atoms with Crippen LogP contribution >= 0.6 is 11.6 Å². The van der Waals surface area contributed by atoms with E-state index < -0.39 is 30.4 Å². The van der Waals surface area contributed by atoms with Crippen molar-refractivity contribution in [2.75, 3.05) is 0 Å². The maximum absolute atomic E-state index is 12.8. The molecular formula is C20H14BClF4N4O2. The highest BCUT2D eigenvalue weighted by Gasteiger charge is 2.12. The molecule has 0 bridgehead atoms. The van der Waals surface area contributed by atoms with Gasteiger partial charge in [-0.05, 0) is 53.5 Å². The van der Waals surface area contributed by atoms with E-state index in [4.69, 9.17) is 21.6 Å². The molecule has 0 unspecified atom stereocenters. The molecule has 0 aliphatic rings. The molecule has 4 rings (SSSR count). The van der Waals surface area contributed by atoms with Crippen LogP contribution in [-0.4, -0.2) is 37.1 Å². The third-order valence-corrected chi connectivity index (χ3v) is 3.60. The van der Waals surface area contributed by atoms with Gasteiger partial charge in [0.05, 0.1) is 0 Å². The Labute approximate surface area is 185 Å². The summed E-state index contributed by atoms with van der Waals surface area (Å²) in [4.78, 5) is 15.0. The number of hydrogen-bond acceptors (Lipinski definition) is 6. The molecule has 0 saturated carbocycles. The lowest BCUT2D eigenvalue weighted by Crippen LogP contribution is -2.30. The fraction of sp³-hybridized carbons (Fsp3) is 0. The van der Waals surface area contributed by atoms with E-state index >= 15 is 0 Å². The van der Waals surface area contributed by atoms with E-state index in [1.54, 1.807) is 24.5 Å². The highest BCUT2D eigenvalue weighted by Crippen LogP contribution is 2.16. The second kappa shape index (κ2) is 12.4. The van der Waals surface area contributed by atoms with Gasteiger partial charge < -0.3 is 10.0 Å². The van der Waals surface area contributed by atoms with Crippen LogP contribution in [-0.2, 0) is 0 Å². The maximum Gasteiger partial charge on any atom is 0.488 e. The Hall–Kier alpha value is -3.41.